The molecule has 0 saturated carbocycles. The van der Waals surface area contributed by atoms with Gasteiger partial charge in [-0.2, -0.15) is 0 Å². The van der Waals surface area contributed by atoms with Crippen molar-refractivity contribution in [3.63, 3.8) is 0 Å². The number of pyridine rings is 1. The monoisotopic (exact) mass is 384 g/mol. The number of hydrogen-bond donors (Lipinski definition) is 1. The Bertz CT molecular complexity index is 935. The highest BCUT2D eigenvalue weighted by Crippen LogP contribution is 2.39. The van der Waals surface area contributed by atoms with Crippen molar-refractivity contribution in [2.45, 2.75) is 19.9 Å². The summed E-state index contributed by atoms with van der Waals surface area (Å²) in [5.74, 6) is 0.710. The molecule has 5 nitrogen and oxygen atoms in total. The van der Waals surface area contributed by atoms with Gasteiger partial charge in [0, 0.05) is 35.8 Å². The number of carbonyl (C=O) groups excluding carboxylic acids is 1. The van der Waals surface area contributed by atoms with Crippen LogP contribution in [0, 0.1) is 6.92 Å². The van der Waals surface area contributed by atoms with Crippen LogP contribution >= 0.6 is 0 Å². The van der Waals surface area contributed by atoms with E-state index in [1.807, 2.05) is 39.0 Å². The molecular weight excluding hydrogens is 359 g/mol. The Labute approximate surface area is 164 Å². The van der Waals surface area contributed by atoms with Gasteiger partial charge in [-0.15, -0.1) is 0 Å². The normalized spacial score (nSPS) is 13.5. The van der Waals surface area contributed by atoms with Crippen molar-refractivity contribution in [2.24, 2.45) is 0 Å². The molecule has 0 atom stereocenters. The predicted octanol–water partition coefficient (Wildman–Crippen LogP) is 4.24. The topological polar surface area (TPSA) is 62.7 Å². The molecule has 6 heteroatoms. The van der Waals surface area contributed by atoms with E-state index in [0.717, 1.165) is 27.8 Å². The molecule has 3 rings (SSSR count). The Kier molecular flexibility index (Phi) is 7.46. The molecule has 1 N–H and O–H groups in total. The summed E-state index contributed by atoms with van der Waals surface area (Å²) in [5, 5.41) is 11.3. The van der Waals surface area contributed by atoms with E-state index in [2.05, 4.69) is 9.88 Å². The van der Waals surface area contributed by atoms with E-state index in [1.54, 1.807) is 25.5 Å². The lowest BCUT2D eigenvalue weighted by molar-refractivity contribution is -0.0979. The number of aromatic nitrogens is 1. The fraction of sp³-hybridized carbons (Fsp3) is 0.273. The minimum absolute atomic E-state index is 0.185. The van der Waals surface area contributed by atoms with Gasteiger partial charge in [-0.25, -0.2) is 4.39 Å². The SMILES string of the molecule is C=O.COc1c(CN(C)CC2=CCC=C(F)C=C2)c(C)c(O)c2ncccc12. The Morgan fingerprint density at radius 2 is 2.04 bits per heavy atom. The second kappa shape index (κ2) is 9.80. The van der Waals surface area contributed by atoms with E-state index in [-0.39, 0.29) is 11.6 Å². The van der Waals surface area contributed by atoms with E-state index < -0.39 is 0 Å². The second-order valence-electron chi connectivity index (χ2n) is 6.49. The van der Waals surface area contributed by atoms with Crippen molar-refractivity contribution in [2.75, 3.05) is 20.7 Å². The van der Waals surface area contributed by atoms with Crippen LogP contribution in [-0.2, 0) is 11.3 Å². The summed E-state index contributed by atoms with van der Waals surface area (Å²) < 4.78 is 19.0. The highest BCUT2D eigenvalue weighted by molar-refractivity contribution is 5.92. The summed E-state index contributed by atoms with van der Waals surface area (Å²) >= 11 is 0. The molecule has 1 aliphatic carbocycles. The average molecular weight is 384 g/mol. The third-order valence-electron chi connectivity index (χ3n) is 4.59. The minimum Gasteiger partial charge on any atom is -0.505 e. The molecule has 0 saturated heterocycles. The molecule has 0 amide bonds. The van der Waals surface area contributed by atoms with Gasteiger partial charge >= 0.3 is 0 Å². The van der Waals surface area contributed by atoms with Crippen LogP contribution < -0.4 is 4.74 Å². The molecule has 28 heavy (non-hydrogen) atoms. The van der Waals surface area contributed by atoms with E-state index in [1.165, 1.54) is 6.08 Å². The van der Waals surface area contributed by atoms with Gasteiger partial charge in [0.1, 0.15) is 29.6 Å². The molecule has 2 aromatic rings. The van der Waals surface area contributed by atoms with Gasteiger partial charge < -0.3 is 14.6 Å². The Hall–Kier alpha value is -2.99. The first-order valence-corrected chi connectivity index (χ1v) is 8.84. The Morgan fingerprint density at radius 1 is 1.29 bits per heavy atom. The number of ether oxygens (including phenoxy) is 1. The average Bonchev–Trinajstić information content (AvgIpc) is 2.92. The summed E-state index contributed by atoms with van der Waals surface area (Å²) in [6.45, 7) is 5.14. The molecular formula is C22H25FN2O3. The maximum absolute atomic E-state index is 13.3. The number of nitrogens with zero attached hydrogens (tertiary/aromatic N) is 2. The zero-order chi connectivity index (χ0) is 20.7. The summed E-state index contributed by atoms with van der Waals surface area (Å²) in [6, 6.07) is 3.73. The number of phenolic OH excluding ortho intramolecular Hbond substituents is 1. The summed E-state index contributed by atoms with van der Waals surface area (Å²) in [7, 11) is 3.62. The smallest absolute Gasteiger partial charge is 0.145 e. The van der Waals surface area contributed by atoms with Crippen molar-refractivity contribution in [1.29, 1.82) is 0 Å². The lowest BCUT2D eigenvalue weighted by Crippen LogP contribution is -2.21. The Morgan fingerprint density at radius 3 is 2.75 bits per heavy atom. The number of methoxy groups -OCH3 is 1. The first-order chi connectivity index (χ1) is 13.5. The van der Waals surface area contributed by atoms with Crippen LogP contribution in [0.5, 0.6) is 11.5 Å². The van der Waals surface area contributed by atoms with Gasteiger partial charge in [0.05, 0.1) is 7.11 Å². The van der Waals surface area contributed by atoms with E-state index in [4.69, 9.17) is 9.53 Å². The molecule has 1 aromatic carbocycles. The van der Waals surface area contributed by atoms with Crippen molar-refractivity contribution < 1.29 is 19.0 Å². The molecule has 0 aliphatic heterocycles. The van der Waals surface area contributed by atoms with Crippen LogP contribution in [0.25, 0.3) is 10.9 Å². The molecule has 1 aromatic heterocycles. The maximum atomic E-state index is 13.3. The summed E-state index contributed by atoms with van der Waals surface area (Å²) in [6.07, 6.45) is 9.13. The molecule has 0 bridgehead atoms. The van der Waals surface area contributed by atoms with E-state index in [9.17, 15) is 9.50 Å². The number of likely N-dealkylation sites (N-methyl/N-ethyl adjacent to an activating group) is 1. The van der Waals surface area contributed by atoms with Crippen LogP contribution in [0.15, 0.2) is 54.0 Å². The first kappa shape index (κ1) is 21.3. The minimum atomic E-state index is -0.205. The van der Waals surface area contributed by atoms with Gasteiger partial charge in [0.15, 0.2) is 0 Å². The molecule has 1 heterocycles. The van der Waals surface area contributed by atoms with Crippen molar-refractivity contribution in [3.8, 4) is 11.5 Å². The lowest BCUT2D eigenvalue weighted by Gasteiger charge is -2.22. The molecule has 0 unspecified atom stereocenters. The number of fused-ring (bicyclic) bond motifs is 1. The largest absolute Gasteiger partial charge is 0.505 e. The number of hydrogen-bond acceptors (Lipinski definition) is 5. The molecule has 148 valence electrons. The number of phenols is 1. The van der Waals surface area contributed by atoms with E-state index >= 15 is 0 Å². The zero-order valence-electron chi connectivity index (χ0n) is 16.4. The van der Waals surface area contributed by atoms with Gasteiger partial charge in [-0.05, 0) is 50.3 Å². The third kappa shape index (κ3) is 4.64. The number of aromatic hydroxyl groups is 1. The van der Waals surface area contributed by atoms with Crippen molar-refractivity contribution in [3.05, 3.63) is 65.2 Å². The quantitative estimate of drug-likeness (QED) is 0.835. The van der Waals surface area contributed by atoms with Crippen LogP contribution in [0.4, 0.5) is 4.39 Å². The van der Waals surface area contributed by atoms with Gasteiger partial charge in [0.25, 0.3) is 0 Å². The lowest BCUT2D eigenvalue weighted by atomic mass is 10.0. The highest BCUT2D eigenvalue weighted by Gasteiger charge is 2.19. The molecule has 0 radical (unpaired) electrons. The van der Waals surface area contributed by atoms with Crippen molar-refractivity contribution in [1.82, 2.24) is 9.88 Å². The van der Waals surface area contributed by atoms with Crippen LogP contribution in [0.1, 0.15) is 17.5 Å². The molecule has 0 fully saturated rings. The highest BCUT2D eigenvalue weighted by atomic mass is 19.1. The predicted molar refractivity (Wildman–Crippen MR) is 109 cm³/mol. The second-order valence-corrected chi connectivity index (χ2v) is 6.49. The van der Waals surface area contributed by atoms with Crippen LogP contribution in [-0.4, -0.2) is 42.5 Å². The number of halogens is 1. The number of benzene rings is 1. The maximum Gasteiger partial charge on any atom is 0.145 e. The van der Waals surface area contributed by atoms with Crippen LogP contribution in [0.2, 0.25) is 0 Å². The standard InChI is InChI=1S/C21H23FN2O2.CH2O/c1-14-18(13-24(2)12-15-6-4-7-16(22)10-9-15)21(26-3)17-8-5-11-23-19(17)20(14)25;1-2/h5-11,25H,4,12-13H2,1-3H3;1H2. The van der Waals surface area contributed by atoms with Gasteiger partial charge in [-0.1, -0.05) is 12.2 Å². The van der Waals surface area contributed by atoms with Crippen molar-refractivity contribution >= 4 is 17.7 Å². The van der Waals surface area contributed by atoms with Gasteiger partial charge in [-0.3, -0.25) is 9.88 Å². The molecule has 1 aliphatic rings. The summed E-state index contributed by atoms with van der Waals surface area (Å²) in [5.41, 5.74) is 3.29. The fourth-order valence-corrected chi connectivity index (χ4v) is 3.25. The Balaban J connectivity index is 0.00000136. The third-order valence-corrected chi connectivity index (χ3v) is 4.59. The summed E-state index contributed by atoms with van der Waals surface area (Å²) in [4.78, 5) is 14.4. The zero-order valence-corrected chi connectivity index (χ0v) is 16.4. The first-order valence-electron chi connectivity index (χ1n) is 8.84. The molecule has 0 spiro atoms. The number of rotatable bonds is 5. The fourth-order valence-electron chi connectivity index (χ4n) is 3.25. The van der Waals surface area contributed by atoms with Gasteiger partial charge in [0.2, 0.25) is 0 Å². The van der Waals surface area contributed by atoms with Crippen LogP contribution in [0.3, 0.4) is 0 Å². The number of carbonyl (C=O) groups is 1. The number of allylic oxidation sites excluding steroid dienone is 4. The van der Waals surface area contributed by atoms with E-state index in [0.29, 0.717) is 25.0 Å².